The number of nitrogens with zero attached hydrogens (tertiary/aromatic N) is 3. The van der Waals surface area contributed by atoms with Gasteiger partial charge in [0, 0.05) is 25.3 Å². The number of pyridine rings is 1. The monoisotopic (exact) mass is 348 g/mol. The largest absolute Gasteiger partial charge is 0.395 e. The second kappa shape index (κ2) is 7.93. The average molecular weight is 348 g/mol. The lowest BCUT2D eigenvalue weighted by Crippen LogP contribution is -2.43. The molecule has 1 aliphatic rings. The van der Waals surface area contributed by atoms with Gasteiger partial charge in [0.05, 0.1) is 6.61 Å². The van der Waals surface area contributed by atoms with Crippen LogP contribution in [-0.4, -0.2) is 57.6 Å². The lowest BCUT2D eigenvalue weighted by atomic mass is 10.0. The molecule has 0 aromatic carbocycles. The SMILES string of the molecule is Cc1ccn2c(F)c(C(=O)NCCCN3CCCCC3CO)nc2c1. The minimum absolute atomic E-state index is 0.170. The summed E-state index contributed by atoms with van der Waals surface area (Å²) in [6.45, 7) is 4.34. The van der Waals surface area contributed by atoms with E-state index in [2.05, 4.69) is 15.2 Å². The highest BCUT2D eigenvalue weighted by Gasteiger charge is 2.22. The molecule has 6 nitrogen and oxygen atoms in total. The fourth-order valence-electron chi connectivity index (χ4n) is 3.39. The summed E-state index contributed by atoms with van der Waals surface area (Å²) in [5.41, 5.74) is 1.22. The maximum atomic E-state index is 14.3. The van der Waals surface area contributed by atoms with Crippen LogP contribution in [0.4, 0.5) is 4.39 Å². The third-order valence-electron chi connectivity index (χ3n) is 4.81. The summed E-state index contributed by atoms with van der Waals surface area (Å²) in [6, 6.07) is 3.74. The van der Waals surface area contributed by atoms with Crippen LogP contribution in [0.15, 0.2) is 18.3 Å². The van der Waals surface area contributed by atoms with Crippen molar-refractivity contribution in [1.82, 2.24) is 19.6 Å². The van der Waals surface area contributed by atoms with Crippen molar-refractivity contribution in [1.29, 1.82) is 0 Å². The zero-order valence-corrected chi connectivity index (χ0v) is 14.5. The number of aliphatic hydroxyl groups is 1. The number of aromatic nitrogens is 2. The molecule has 1 amide bonds. The number of piperidine rings is 1. The van der Waals surface area contributed by atoms with E-state index in [-0.39, 0.29) is 18.3 Å². The number of likely N-dealkylation sites (tertiary alicyclic amines) is 1. The summed E-state index contributed by atoms with van der Waals surface area (Å²) in [6.07, 6.45) is 5.67. The number of hydrogen-bond acceptors (Lipinski definition) is 4. The van der Waals surface area contributed by atoms with E-state index in [9.17, 15) is 14.3 Å². The van der Waals surface area contributed by atoms with Crippen molar-refractivity contribution in [2.75, 3.05) is 26.2 Å². The molecule has 25 heavy (non-hydrogen) atoms. The molecular formula is C18H25FN4O2. The molecule has 2 N–H and O–H groups in total. The summed E-state index contributed by atoms with van der Waals surface area (Å²) in [5, 5.41) is 12.2. The van der Waals surface area contributed by atoms with Gasteiger partial charge in [-0.15, -0.1) is 0 Å². The number of halogens is 1. The first-order chi connectivity index (χ1) is 12.1. The molecule has 0 spiro atoms. The van der Waals surface area contributed by atoms with E-state index in [0.29, 0.717) is 12.2 Å². The van der Waals surface area contributed by atoms with Crippen LogP contribution < -0.4 is 5.32 Å². The lowest BCUT2D eigenvalue weighted by molar-refractivity contribution is 0.0865. The smallest absolute Gasteiger partial charge is 0.274 e. The van der Waals surface area contributed by atoms with E-state index >= 15 is 0 Å². The predicted octanol–water partition coefficient (Wildman–Crippen LogP) is 1.75. The molecule has 1 aliphatic heterocycles. The molecular weight excluding hydrogens is 323 g/mol. The average Bonchev–Trinajstić information content (AvgIpc) is 2.95. The Morgan fingerprint density at radius 2 is 2.32 bits per heavy atom. The topological polar surface area (TPSA) is 69.9 Å². The highest BCUT2D eigenvalue weighted by atomic mass is 19.1. The third-order valence-corrected chi connectivity index (χ3v) is 4.81. The number of imidazole rings is 1. The van der Waals surface area contributed by atoms with Crippen LogP contribution in [-0.2, 0) is 0 Å². The molecule has 3 heterocycles. The molecule has 136 valence electrons. The number of amides is 1. The number of aryl methyl sites for hydroxylation is 1. The van der Waals surface area contributed by atoms with Crippen LogP contribution in [0.2, 0.25) is 0 Å². The van der Waals surface area contributed by atoms with Gasteiger partial charge in [-0.1, -0.05) is 6.42 Å². The summed E-state index contributed by atoms with van der Waals surface area (Å²) in [4.78, 5) is 18.6. The maximum absolute atomic E-state index is 14.3. The number of nitrogens with one attached hydrogen (secondary N) is 1. The fourth-order valence-corrected chi connectivity index (χ4v) is 3.39. The Kier molecular flexibility index (Phi) is 5.65. The van der Waals surface area contributed by atoms with Crippen LogP contribution in [0.5, 0.6) is 0 Å². The molecule has 1 fully saturated rings. The maximum Gasteiger partial charge on any atom is 0.274 e. The van der Waals surface area contributed by atoms with Crippen LogP contribution in [0.3, 0.4) is 0 Å². The van der Waals surface area contributed by atoms with Crippen molar-refractivity contribution < 1.29 is 14.3 Å². The van der Waals surface area contributed by atoms with E-state index in [1.54, 1.807) is 18.3 Å². The summed E-state index contributed by atoms with van der Waals surface area (Å²) in [7, 11) is 0. The first kappa shape index (κ1) is 17.8. The Labute approximate surface area is 146 Å². The second-order valence-electron chi connectivity index (χ2n) is 6.66. The molecule has 2 aromatic heterocycles. The molecule has 3 rings (SSSR count). The van der Waals surface area contributed by atoms with Crippen molar-refractivity contribution in [3.8, 4) is 0 Å². The summed E-state index contributed by atoms with van der Waals surface area (Å²) in [5.74, 6) is -1.12. The minimum Gasteiger partial charge on any atom is -0.395 e. The van der Waals surface area contributed by atoms with Gasteiger partial charge >= 0.3 is 0 Å². The zero-order valence-electron chi connectivity index (χ0n) is 14.5. The lowest BCUT2D eigenvalue weighted by Gasteiger charge is -2.34. The second-order valence-corrected chi connectivity index (χ2v) is 6.66. The van der Waals surface area contributed by atoms with Gasteiger partial charge in [0.2, 0.25) is 5.95 Å². The highest BCUT2D eigenvalue weighted by molar-refractivity contribution is 5.93. The van der Waals surface area contributed by atoms with Gasteiger partial charge in [-0.05, 0) is 50.4 Å². The van der Waals surface area contributed by atoms with E-state index in [0.717, 1.165) is 44.3 Å². The first-order valence-corrected chi connectivity index (χ1v) is 8.87. The number of rotatable bonds is 6. The Morgan fingerprint density at radius 3 is 3.12 bits per heavy atom. The fraction of sp³-hybridized carbons (Fsp3) is 0.556. The molecule has 1 saturated heterocycles. The molecule has 1 atom stereocenters. The number of aliphatic hydroxyl groups excluding tert-OH is 1. The molecule has 1 unspecified atom stereocenters. The van der Waals surface area contributed by atoms with E-state index in [1.807, 2.05) is 6.92 Å². The predicted molar refractivity (Wildman–Crippen MR) is 93.1 cm³/mol. The number of fused-ring (bicyclic) bond motifs is 1. The summed E-state index contributed by atoms with van der Waals surface area (Å²) < 4.78 is 15.6. The van der Waals surface area contributed by atoms with Gasteiger partial charge in [0.15, 0.2) is 5.69 Å². The molecule has 7 heteroatoms. The molecule has 2 aromatic rings. The van der Waals surface area contributed by atoms with Crippen molar-refractivity contribution in [3.05, 3.63) is 35.5 Å². The molecule has 0 aliphatic carbocycles. The van der Waals surface area contributed by atoms with E-state index < -0.39 is 11.9 Å². The van der Waals surface area contributed by atoms with Gasteiger partial charge in [0.1, 0.15) is 5.65 Å². The number of hydrogen-bond donors (Lipinski definition) is 2. The quantitative estimate of drug-likeness (QED) is 0.781. The first-order valence-electron chi connectivity index (χ1n) is 8.87. The Hall–Kier alpha value is -1.99. The third kappa shape index (κ3) is 3.99. The van der Waals surface area contributed by atoms with Crippen LogP contribution in [0.1, 0.15) is 41.7 Å². The Morgan fingerprint density at radius 1 is 1.48 bits per heavy atom. The summed E-state index contributed by atoms with van der Waals surface area (Å²) >= 11 is 0. The van der Waals surface area contributed by atoms with Crippen molar-refractivity contribution >= 4 is 11.6 Å². The standard InChI is InChI=1S/C18H25FN4O2/c1-13-6-10-23-15(11-13)21-16(17(23)19)18(25)20-7-4-9-22-8-3-2-5-14(22)12-24/h6,10-11,14,24H,2-5,7-9,12H2,1H3,(H,20,25). The van der Waals surface area contributed by atoms with Crippen LogP contribution in [0, 0.1) is 12.9 Å². The van der Waals surface area contributed by atoms with Gasteiger partial charge in [0.25, 0.3) is 5.91 Å². The van der Waals surface area contributed by atoms with Gasteiger partial charge in [-0.3, -0.25) is 14.1 Å². The minimum atomic E-state index is -0.635. The Bertz CT molecular complexity index is 746. The zero-order chi connectivity index (χ0) is 17.8. The van der Waals surface area contributed by atoms with Crippen LogP contribution >= 0.6 is 0 Å². The van der Waals surface area contributed by atoms with E-state index in [1.165, 1.54) is 4.40 Å². The van der Waals surface area contributed by atoms with Crippen LogP contribution in [0.25, 0.3) is 5.65 Å². The van der Waals surface area contributed by atoms with Gasteiger partial charge < -0.3 is 10.4 Å². The van der Waals surface area contributed by atoms with E-state index in [4.69, 9.17) is 0 Å². The van der Waals surface area contributed by atoms with Gasteiger partial charge in [-0.25, -0.2) is 4.98 Å². The van der Waals surface area contributed by atoms with Crippen molar-refractivity contribution in [2.24, 2.45) is 0 Å². The molecule has 0 saturated carbocycles. The highest BCUT2D eigenvalue weighted by Crippen LogP contribution is 2.16. The van der Waals surface area contributed by atoms with Crippen molar-refractivity contribution in [3.63, 3.8) is 0 Å². The Balaban J connectivity index is 1.53. The number of carbonyl (C=O) groups excluding carboxylic acids is 1. The van der Waals surface area contributed by atoms with Crippen molar-refractivity contribution in [2.45, 2.75) is 38.6 Å². The number of carbonyl (C=O) groups is 1. The normalized spacial score (nSPS) is 18.6. The molecule has 0 radical (unpaired) electrons. The molecule has 0 bridgehead atoms. The van der Waals surface area contributed by atoms with Gasteiger partial charge in [-0.2, -0.15) is 4.39 Å².